The van der Waals surface area contributed by atoms with Gasteiger partial charge in [0.2, 0.25) is 15.9 Å². The monoisotopic (exact) mass is 456 g/mol. The maximum absolute atomic E-state index is 12.2. The highest BCUT2D eigenvalue weighted by molar-refractivity contribution is 9.11. The van der Waals surface area contributed by atoms with Gasteiger partial charge in [0.1, 0.15) is 0 Å². The molecular weight excluding hydrogens is 448 g/mol. The van der Waals surface area contributed by atoms with Crippen LogP contribution < -0.4 is 4.72 Å². The number of sulfonamides is 1. The summed E-state index contributed by atoms with van der Waals surface area (Å²) in [5.41, 5.74) is 0. The molecule has 1 aromatic carbocycles. The Morgan fingerprint density at radius 3 is 2.57 bits per heavy atom. The van der Waals surface area contributed by atoms with Gasteiger partial charge in [-0.15, -0.1) is 0 Å². The zero-order valence-electron chi connectivity index (χ0n) is 10.5. The Hall–Kier alpha value is -0.420. The standard InChI is InChI=1S/C11H10Br2N2O4S2/c12-7-1-2-9(8(13)5-7)21(18,19)14-3-4-15-10(16)6-20-11(15)17/h1-2,5,14H,3-4,6H2. The molecule has 0 spiro atoms. The number of rotatable bonds is 5. The third-order valence-electron chi connectivity index (χ3n) is 2.65. The third kappa shape index (κ3) is 4.07. The molecule has 1 aromatic rings. The Morgan fingerprint density at radius 1 is 1.29 bits per heavy atom. The number of thioether (sulfide) groups is 1. The number of benzene rings is 1. The van der Waals surface area contributed by atoms with Gasteiger partial charge >= 0.3 is 0 Å². The molecule has 21 heavy (non-hydrogen) atoms. The molecule has 2 rings (SSSR count). The van der Waals surface area contributed by atoms with Gasteiger partial charge in [-0.3, -0.25) is 14.5 Å². The molecule has 0 aromatic heterocycles. The molecule has 1 aliphatic heterocycles. The molecule has 0 bridgehead atoms. The van der Waals surface area contributed by atoms with Gasteiger partial charge < -0.3 is 0 Å². The second-order valence-corrected chi connectivity index (χ2v) is 8.50. The van der Waals surface area contributed by atoms with Crippen molar-refractivity contribution in [2.75, 3.05) is 18.8 Å². The van der Waals surface area contributed by atoms with Crippen molar-refractivity contribution >= 4 is 64.8 Å². The number of amides is 2. The molecule has 0 unspecified atom stereocenters. The Labute approximate surface area is 143 Å². The highest BCUT2D eigenvalue weighted by Gasteiger charge is 2.29. The van der Waals surface area contributed by atoms with Gasteiger partial charge in [-0.2, -0.15) is 0 Å². The van der Waals surface area contributed by atoms with Gasteiger partial charge in [0.15, 0.2) is 0 Å². The average molecular weight is 458 g/mol. The van der Waals surface area contributed by atoms with Crippen molar-refractivity contribution in [3.05, 3.63) is 27.1 Å². The first-order valence-corrected chi connectivity index (χ1v) is 9.78. The van der Waals surface area contributed by atoms with Crippen LogP contribution in [0.5, 0.6) is 0 Å². The number of hydrogen-bond donors (Lipinski definition) is 1. The normalized spacial score (nSPS) is 15.8. The van der Waals surface area contributed by atoms with Crippen molar-refractivity contribution in [1.82, 2.24) is 9.62 Å². The fourth-order valence-electron chi connectivity index (χ4n) is 1.66. The number of carbonyl (C=O) groups excluding carboxylic acids is 2. The van der Waals surface area contributed by atoms with Crippen molar-refractivity contribution < 1.29 is 18.0 Å². The van der Waals surface area contributed by atoms with E-state index in [4.69, 9.17) is 0 Å². The van der Waals surface area contributed by atoms with Gasteiger partial charge in [0.25, 0.3) is 5.24 Å². The summed E-state index contributed by atoms with van der Waals surface area (Å²) in [5.74, 6) is -0.182. The van der Waals surface area contributed by atoms with Crippen molar-refractivity contribution in [3.63, 3.8) is 0 Å². The van der Waals surface area contributed by atoms with Crippen LogP contribution in [0.2, 0.25) is 0 Å². The van der Waals surface area contributed by atoms with Crippen LogP contribution in [-0.4, -0.2) is 43.3 Å². The van der Waals surface area contributed by atoms with Crippen molar-refractivity contribution in [2.45, 2.75) is 4.90 Å². The molecule has 0 saturated carbocycles. The molecule has 1 saturated heterocycles. The molecule has 0 radical (unpaired) electrons. The van der Waals surface area contributed by atoms with Crippen LogP contribution in [0, 0.1) is 0 Å². The predicted molar refractivity (Wildman–Crippen MR) is 86.6 cm³/mol. The van der Waals surface area contributed by atoms with Crippen molar-refractivity contribution in [2.24, 2.45) is 0 Å². The Morgan fingerprint density at radius 2 is 2.00 bits per heavy atom. The smallest absolute Gasteiger partial charge is 0.273 e. The van der Waals surface area contributed by atoms with Crippen LogP contribution in [0.3, 0.4) is 0 Å². The lowest BCUT2D eigenvalue weighted by atomic mass is 10.4. The summed E-state index contributed by atoms with van der Waals surface area (Å²) in [4.78, 5) is 23.9. The Kier molecular flexibility index (Phi) is 5.47. The lowest BCUT2D eigenvalue weighted by Crippen LogP contribution is -2.37. The summed E-state index contributed by atoms with van der Waals surface area (Å²) < 4.78 is 27.9. The Bertz CT molecular complexity index is 677. The van der Waals surface area contributed by atoms with E-state index in [1.54, 1.807) is 12.1 Å². The summed E-state index contributed by atoms with van der Waals surface area (Å²) >= 11 is 7.35. The van der Waals surface area contributed by atoms with Crippen LogP contribution in [0.4, 0.5) is 4.79 Å². The summed E-state index contributed by atoms with van der Waals surface area (Å²) in [6.45, 7) is 0.000914. The number of halogens is 2. The van der Waals surface area contributed by atoms with Gasteiger partial charge in [-0.05, 0) is 34.1 Å². The molecule has 6 nitrogen and oxygen atoms in total. The van der Waals surface area contributed by atoms with E-state index in [9.17, 15) is 18.0 Å². The summed E-state index contributed by atoms with van der Waals surface area (Å²) in [7, 11) is -3.71. The SMILES string of the molecule is O=C1CSC(=O)N1CCNS(=O)(=O)c1ccc(Br)cc1Br. The van der Waals surface area contributed by atoms with Crippen LogP contribution in [0.1, 0.15) is 0 Å². The topological polar surface area (TPSA) is 83.6 Å². The molecule has 10 heteroatoms. The van der Waals surface area contributed by atoms with Crippen molar-refractivity contribution in [1.29, 1.82) is 0 Å². The molecule has 1 N–H and O–H groups in total. The van der Waals surface area contributed by atoms with E-state index in [1.165, 1.54) is 6.07 Å². The second kappa shape index (κ2) is 6.78. The number of hydrogen-bond acceptors (Lipinski definition) is 5. The van der Waals surface area contributed by atoms with Crippen LogP contribution in [0.25, 0.3) is 0 Å². The molecule has 1 fully saturated rings. The van der Waals surface area contributed by atoms with Crippen molar-refractivity contribution in [3.8, 4) is 0 Å². The fourth-order valence-corrected chi connectivity index (χ4v) is 5.18. The zero-order valence-corrected chi connectivity index (χ0v) is 15.3. The first kappa shape index (κ1) is 16.9. The number of nitrogens with zero attached hydrogens (tertiary/aromatic N) is 1. The molecule has 2 amide bonds. The number of imide groups is 1. The minimum Gasteiger partial charge on any atom is -0.273 e. The first-order valence-electron chi connectivity index (χ1n) is 5.73. The quantitative estimate of drug-likeness (QED) is 0.732. The highest BCUT2D eigenvalue weighted by Crippen LogP contribution is 2.25. The third-order valence-corrected chi connectivity index (χ3v) is 6.44. The molecule has 0 aliphatic carbocycles. The molecule has 1 heterocycles. The number of carbonyl (C=O) groups is 2. The maximum Gasteiger partial charge on any atom is 0.288 e. The van der Waals surface area contributed by atoms with E-state index in [1.807, 2.05) is 0 Å². The van der Waals surface area contributed by atoms with Crippen LogP contribution >= 0.6 is 43.6 Å². The van der Waals surface area contributed by atoms with E-state index >= 15 is 0 Å². The second-order valence-electron chi connectivity index (χ2n) is 4.07. The van der Waals surface area contributed by atoms with E-state index in [2.05, 4.69) is 36.6 Å². The minimum absolute atomic E-state index is 0.0249. The zero-order chi connectivity index (χ0) is 15.6. The van der Waals surface area contributed by atoms with Crippen LogP contribution in [0.15, 0.2) is 32.0 Å². The molecule has 114 valence electrons. The first-order chi connectivity index (χ1) is 9.81. The van der Waals surface area contributed by atoms with Gasteiger partial charge in [-0.1, -0.05) is 27.7 Å². The van der Waals surface area contributed by atoms with E-state index < -0.39 is 10.0 Å². The maximum atomic E-state index is 12.2. The van der Waals surface area contributed by atoms with Crippen LogP contribution in [-0.2, 0) is 14.8 Å². The fraction of sp³-hybridized carbons (Fsp3) is 0.273. The lowest BCUT2D eigenvalue weighted by molar-refractivity contribution is -0.124. The molecular formula is C11H10Br2N2O4S2. The van der Waals surface area contributed by atoms with Gasteiger partial charge in [0.05, 0.1) is 10.6 Å². The Balaban J connectivity index is 2.02. The predicted octanol–water partition coefficient (Wildman–Crippen LogP) is 2.19. The average Bonchev–Trinajstić information content (AvgIpc) is 2.69. The highest BCUT2D eigenvalue weighted by atomic mass is 79.9. The number of nitrogens with one attached hydrogen (secondary N) is 1. The summed E-state index contributed by atoms with van der Waals surface area (Å²) in [5, 5.41) is -0.343. The van der Waals surface area contributed by atoms with E-state index in [-0.39, 0.29) is 34.9 Å². The molecule has 0 atom stereocenters. The van der Waals surface area contributed by atoms with Gasteiger partial charge in [-0.25, -0.2) is 13.1 Å². The largest absolute Gasteiger partial charge is 0.288 e. The van der Waals surface area contributed by atoms with Gasteiger partial charge in [0, 0.05) is 22.0 Å². The molecule has 1 aliphatic rings. The minimum atomic E-state index is -3.71. The van der Waals surface area contributed by atoms with E-state index in [0.29, 0.717) is 4.47 Å². The summed E-state index contributed by atoms with van der Waals surface area (Å²) in [6, 6.07) is 4.70. The lowest BCUT2D eigenvalue weighted by Gasteiger charge is -2.14. The van der Waals surface area contributed by atoms with E-state index in [0.717, 1.165) is 21.1 Å². The summed E-state index contributed by atoms with van der Waals surface area (Å²) in [6.07, 6.45) is 0.